The molecule has 1 aliphatic rings. The first-order valence-electron chi connectivity index (χ1n) is 10.9. The van der Waals surface area contributed by atoms with Crippen LogP contribution < -0.4 is 5.32 Å². The summed E-state index contributed by atoms with van der Waals surface area (Å²) in [5, 5.41) is 3.38. The van der Waals surface area contributed by atoms with Crippen molar-refractivity contribution in [3.63, 3.8) is 0 Å². The molecule has 1 saturated heterocycles. The molecule has 1 heterocycles. The topological polar surface area (TPSA) is 71.0 Å². The van der Waals surface area contributed by atoms with E-state index in [2.05, 4.69) is 27.3 Å². The molecule has 168 valence electrons. The highest BCUT2D eigenvalue weighted by Crippen LogP contribution is 2.18. The summed E-state index contributed by atoms with van der Waals surface area (Å²) >= 11 is 0. The lowest BCUT2D eigenvalue weighted by atomic mass is 10.1. The molecule has 2 unspecified atom stereocenters. The number of ether oxygens (including phenoxy) is 1. The van der Waals surface area contributed by atoms with Gasteiger partial charge in [0.15, 0.2) is 15.8 Å². The number of likely N-dealkylation sites (tertiary alicyclic amines) is 1. The van der Waals surface area contributed by atoms with E-state index in [1.54, 1.807) is 31.3 Å². The lowest BCUT2D eigenvalue weighted by Crippen LogP contribution is -2.47. The van der Waals surface area contributed by atoms with Crippen LogP contribution in [0.15, 0.2) is 70.6 Å². The number of nitrogens with one attached hydrogen (secondary N) is 1. The maximum atomic E-state index is 12.8. The van der Waals surface area contributed by atoms with Crippen molar-refractivity contribution in [2.24, 2.45) is 10.9 Å². The Morgan fingerprint density at radius 2 is 1.84 bits per heavy atom. The molecule has 3 rings (SSSR count). The van der Waals surface area contributed by atoms with Gasteiger partial charge in [-0.05, 0) is 30.5 Å². The number of sulfone groups is 1. The smallest absolute Gasteiger partial charge is 0.193 e. The van der Waals surface area contributed by atoms with Crippen LogP contribution in [0.25, 0.3) is 0 Å². The van der Waals surface area contributed by atoms with Gasteiger partial charge in [-0.2, -0.15) is 0 Å². The fourth-order valence-corrected chi connectivity index (χ4v) is 5.42. The predicted molar refractivity (Wildman–Crippen MR) is 125 cm³/mol. The Balaban J connectivity index is 1.50. The van der Waals surface area contributed by atoms with Gasteiger partial charge in [0.2, 0.25) is 0 Å². The molecular formula is C24H33N3O3S. The van der Waals surface area contributed by atoms with E-state index in [0.29, 0.717) is 30.4 Å². The molecule has 2 aromatic carbocycles. The van der Waals surface area contributed by atoms with Crippen molar-refractivity contribution < 1.29 is 13.2 Å². The Labute approximate surface area is 186 Å². The van der Waals surface area contributed by atoms with Crippen LogP contribution in [0.4, 0.5) is 0 Å². The van der Waals surface area contributed by atoms with Crippen LogP contribution in [0.1, 0.15) is 25.3 Å². The molecule has 0 radical (unpaired) electrons. The maximum absolute atomic E-state index is 12.8. The highest BCUT2D eigenvalue weighted by atomic mass is 32.2. The third-order valence-corrected chi connectivity index (χ3v) is 7.44. The summed E-state index contributed by atoms with van der Waals surface area (Å²) < 4.78 is 31.5. The Kier molecular flexibility index (Phi) is 8.49. The van der Waals surface area contributed by atoms with Crippen molar-refractivity contribution in [1.82, 2.24) is 10.2 Å². The molecule has 0 amide bonds. The zero-order valence-corrected chi connectivity index (χ0v) is 19.2. The predicted octanol–water partition coefficient (Wildman–Crippen LogP) is 3.35. The molecule has 6 nitrogen and oxygen atoms in total. The van der Waals surface area contributed by atoms with Gasteiger partial charge in [-0.3, -0.25) is 4.99 Å². The van der Waals surface area contributed by atoms with E-state index >= 15 is 0 Å². The van der Waals surface area contributed by atoms with E-state index in [9.17, 15) is 8.42 Å². The average Bonchev–Trinajstić information content (AvgIpc) is 3.26. The van der Waals surface area contributed by atoms with E-state index in [-0.39, 0.29) is 11.8 Å². The number of hydrogen-bond acceptors (Lipinski definition) is 4. The lowest BCUT2D eigenvalue weighted by Gasteiger charge is -2.26. The van der Waals surface area contributed by atoms with Gasteiger partial charge in [0, 0.05) is 32.1 Å². The fourth-order valence-electron chi connectivity index (χ4n) is 3.81. The molecular weight excluding hydrogens is 410 g/mol. The van der Waals surface area contributed by atoms with Crippen molar-refractivity contribution >= 4 is 15.8 Å². The van der Waals surface area contributed by atoms with Crippen molar-refractivity contribution in [1.29, 1.82) is 0 Å². The molecule has 1 N–H and O–H groups in total. The minimum Gasteiger partial charge on any atom is -0.376 e. The Morgan fingerprint density at radius 1 is 1.16 bits per heavy atom. The van der Waals surface area contributed by atoms with E-state index in [1.165, 1.54) is 5.56 Å². The van der Waals surface area contributed by atoms with Crippen LogP contribution in [0.3, 0.4) is 0 Å². The summed E-state index contributed by atoms with van der Waals surface area (Å²) in [4.78, 5) is 6.98. The van der Waals surface area contributed by atoms with Crippen LogP contribution in [-0.2, 0) is 21.2 Å². The number of benzene rings is 2. The molecule has 2 aromatic rings. The number of guanidine groups is 1. The minimum absolute atomic E-state index is 0.0456. The van der Waals surface area contributed by atoms with Gasteiger partial charge >= 0.3 is 0 Å². The molecule has 0 bridgehead atoms. The van der Waals surface area contributed by atoms with Gasteiger partial charge in [0.25, 0.3) is 0 Å². The van der Waals surface area contributed by atoms with Gasteiger partial charge in [0.1, 0.15) is 0 Å². The Hall–Kier alpha value is -2.38. The second-order valence-corrected chi connectivity index (χ2v) is 10.0. The summed E-state index contributed by atoms with van der Waals surface area (Å²) in [7, 11) is -1.60. The highest BCUT2D eigenvalue weighted by molar-refractivity contribution is 7.91. The van der Waals surface area contributed by atoms with Crippen molar-refractivity contribution in [2.75, 3.05) is 32.5 Å². The van der Waals surface area contributed by atoms with Gasteiger partial charge in [-0.1, -0.05) is 55.5 Å². The summed E-state index contributed by atoms with van der Waals surface area (Å²) in [5.41, 5.74) is 1.18. The fraction of sp³-hybridized carbons (Fsp3) is 0.458. The van der Waals surface area contributed by atoms with Crippen molar-refractivity contribution in [3.05, 3.63) is 66.2 Å². The number of aliphatic imine (C=N–C) groups is 1. The van der Waals surface area contributed by atoms with Gasteiger partial charge < -0.3 is 15.0 Å². The average molecular weight is 444 g/mol. The summed E-state index contributed by atoms with van der Waals surface area (Å²) in [6.45, 7) is 5.08. The molecule has 1 aliphatic heterocycles. The van der Waals surface area contributed by atoms with Crippen molar-refractivity contribution in [2.45, 2.75) is 37.3 Å². The molecule has 2 atom stereocenters. The van der Waals surface area contributed by atoms with Crippen LogP contribution in [0.2, 0.25) is 0 Å². The molecule has 0 aromatic heterocycles. The van der Waals surface area contributed by atoms with E-state index in [4.69, 9.17) is 4.74 Å². The highest BCUT2D eigenvalue weighted by Gasteiger charge is 2.27. The first-order valence-corrected chi connectivity index (χ1v) is 12.5. The van der Waals surface area contributed by atoms with Crippen LogP contribution in [0.5, 0.6) is 0 Å². The molecule has 0 aliphatic carbocycles. The number of hydrogen-bond donors (Lipinski definition) is 1. The summed E-state index contributed by atoms with van der Waals surface area (Å²) in [6.07, 6.45) is 1.73. The molecule has 0 saturated carbocycles. The zero-order valence-electron chi connectivity index (χ0n) is 18.4. The standard InChI is InChI=1S/C24H33N3O3S/c1-3-22(19-31(28,29)23-12-8-5-9-13-23)26-24(25-2)27-15-14-21(16-27)18-30-17-20-10-6-4-7-11-20/h4-13,21-22H,3,14-19H2,1-2H3,(H,25,26). The second-order valence-electron chi connectivity index (χ2n) is 7.99. The second kappa shape index (κ2) is 11.3. The monoisotopic (exact) mass is 443 g/mol. The largest absolute Gasteiger partial charge is 0.376 e. The van der Waals surface area contributed by atoms with Gasteiger partial charge in [0.05, 0.1) is 23.9 Å². The first-order chi connectivity index (χ1) is 15.0. The van der Waals surface area contributed by atoms with E-state index in [0.717, 1.165) is 25.5 Å². The zero-order chi connectivity index (χ0) is 22.1. The normalized spacial score (nSPS) is 18.2. The van der Waals surface area contributed by atoms with Crippen LogP contribution in [-0.4, -0.2) is 57.8 Å². The molecule has 31 heavy (non-hydrogen) atoms. The van der Waals surface area contributed by atoms with Crippen LogP contribution in [0, 0.1) is 5.92 Å². The minimum atomic E-state index is -3.35. The van der Waals surface area contributed by atoms with Gasteiger partial charge in [-0.15, -0.1) is 0 Å². The quantitative estimate of drug-likeness (QED) is 0.475. The summed E-state index contributed by atoms with van der Waals surface area (Å²) in [6, 6.07) is 18.6. The first kappa shape index (κ1) is 23.3. The maximum Gasteiger partial charge on any atom is 0.193 e. The van der Waals surface area contributed by atoms with Gasteiger partial charge in [-0.25, -0.2) is 8.42 Å². The number of rotatable bonds is 9. The third-order valence-electron chi connectivity index (χ3n) is 5.61. The number of nitrogens with zero attached hydrogens (tertiary/aromatic N) is 2. The third kappa shape index (κ3) is 6.80. The SMILES string of the molecule is CCC(CS(=O)(=O)c1ccccc1)NC(=NC)N1CCC(COCc2ccccc2)C1. The van der Waals surface area contributed by atoms with E-state index in [1.807, 2.05) is 31.2 Å². The van der Waals surface area contributed by atoms with Crippen LogP contribution >= 0.6 is 0 Å². The lowest BCUT2D eigenvalue weighted by molar-refractivity contribution is 0.0906. The van der Waals surface area contributed by atoms with E-state index < -0.39 is 9.84 Å². The molecule has 0 spiro atoms. The Bertz CT molecular complexity index is 933. The Morgan fingerprint density at radius 3 is 2.48 bits per heavy atom. The molecule has 1 fully saturated rings. The summed E-state index contributed by atoms with van der Waals surface area (Å²) in [5.74, 6) is 1.25. The van der Waals surface area contributed by atoms with Crippen molar-refractivity contribution in [3.8, 4) is 0 Å². The molecule has 7 heteroatoms.